The first-order valence-corrected chi connectivity index (χ1v) is 6.18. The van der Waals surface area contributed by atoms with Gasteiger partial charge in [-0.2, -0.15) is 0 Å². The molecule has 0 N–H and O–H groups in total. The highest BCUT2D eigenvalue weighted by Gasteiger charge is 2.13. The minimum atomic E-state index is 0.425. The van der Waals surface area contributed by atoms with E-state index >= 15 is 0 Å². The van der Waals surface area contributed by atoms with Crippen molar-refractivity contribution < 1.29 is 0 Å². The van der Waals surface area contributed by atoms with Gasteiger partial charge in [-0.05, 0) is 27.1 Å². The normalized spacial score (nSPS) is 13.5. The third kappa shape index (κ3) is 2.42. The molecule has 0 aromatic carbocycles. The minimum absolute atomic E-state index is 0.425. The van der Waals surface area contributed by atoms with Crippen molar-refractivity contribution in [3.8, 4) is 0 Å². The van der Waals surface area contributed by atoms with E-state index in [1.165, 1.54) is 0 Å². The Morgan fingerprint density at radius 2 is 2.24 bits per heavy atom. The number of rotatable bonds is 4. The van der Waals surface area contributed by atoms with Crippen LogP contribution in [0.3, 0.4) is 0 Å². The highest BCUT2D eigenvalue weighted by Crippen LogP contribution is 2.17. The van der Waals surface area contributed by atoms with E-state index < -0.39 is 0 Å². The second-order valence-corrected chi connectivity index (χ2v) is 4.72. The number of alkyl halides is 1. The van der Waals surface area contributed by atoms with Gasteiger partial charge in [0.25, 0.3) is 0 Å². The van der Waals surface area contributed by atoms with Crippen LogP contribution in [0.25, 0.3) is 11.0 Å². The molecule has 0 saturated heterocycles. The first kappa shape index (κ1) is 12.3. The summed E-state index contributed by atoms with van der Waals surface area (Å²) in [5.74, 6) is 1.33. The predicted molar refractivity (Wildman–Crippen MR) is 70.2 cm³/mol. The number of fused-ring (bicyclic) bond motifs is 1. The average Bonchev–Trinajstić information content (AvgIpc) is 2.67. The number of hydrogen-bond acceptors (Lipinski definition) is 3. The van der Waals surface area contributed by atoms with Crippen LogP contribution in [0.5, 0.6) is 0 Å². The molecule has 2 rings (SSSR count). The van der Waals surface area contributed by atoms with Gasteiger partial charge < -0.3 is 9.47 Å². The monoisotopic (exact) mass is 252 g/mol. The summed E-state index contributed by atoms with van der Waals surface area (Å²) in [7, 11) is 4.15. The van der Waals surface area contributed by atoms with Gasteiger partial charge in [-0.25, -0.2) is 4.98 Å². The summed E-state index contributed by atoms with van der Waals surface area (Å²) in [6, 6.07) is 2.42. The van der Waals surface area contributed by atoms with Crippen LogP contribution >= 0.6 is 11.6 Å². The molecule has 0 spiro atoms. The van der Waals surface area contributed by atoms with Crippen LogP contribution in [0, 0.1) is 0 Å². The van der Waals surface area contributed by atoms with E-state index in [4.69, 9.17) is 11.6 Å². The van der Waals surface area contributed by atoms with Crippen LogP contribution in [0.2, 0.25) is 0 Å². The maximum Gasteiger partial charge on any atom is 0.124 e. The van der Waals surface area contributed by atoms with Crippen LogP contribution in [0.1, 0.15) is 12.7 Å². The van der Waals surface area contributed by atoms with Crippen molar-refractivity contribution in [3.05, 3.63) is 24.3 Å². The third-order valence-corrected chi connectivity index (χ3v) is 3.32. The van der Waals surface area contributed by atoms with E-state index in [0.717, 1.165) is 23.4 Å². The van der Waals surface area contributed by atoms with Crippen LogP contribution in [-0.2, 0) is 12.4 Å². The Morgan fingerprint density at radius 1 is 1.47 bits per heavy atom. The van der Waals surface area contributed by atoms with Crippen LogP contribution in [-0.4, -0.2) is 39.6 Å². The van der Waals surface area contributed by atoms with Crippen molar-refractivity contribution in [2.24, 2.45) is 0 Å². The molecule has 0 radical (unpaired) electrons. The Hall–Kier alpha value is -1.13. The van der Waals surface area contributed by atoms with E-state index in [-0.39, 0.29) is 0 Å². The molecule has 92 valence electrons. The highest BCUT2D eigenvalue weighted by atomic mass is 35.5. The van der Waals surface area contributed by atoms with Gasteiger partial charge >= 0.3 is 0 Å². The van der Waals surface area contributed by atoms with Gasteiger partial charge in [0.15, 0.2) is 0 Å². The number of hydrogen-bond donors (Lipinski definition) is 0. The summed E-state index contributed by atoms with van der Waals surface area (Å²) in [4.78, 5) is 10.8. The van der Waals surface area contributed by atoms with E-state index in [1.807, 2.05) is 6.07 Å². The molecule has 0 aliphatic rings. The minimum Gasteiger partial charge on any atom is -0.325 e. The molecule has 0 aliphatic carbocycles. The van der Waals surface area contributed by atoms with E-state index in [9.17, 15) is 0 Å². The maximum absolute atomic E-state index is 5.95. The Kier molecular flexibility index (Phi) is 3.64. The molecule has 5 heteroatoms. The zero-order chi connectivity index (χ0) is 12.4. The molecule has 1 atom stereocenters. The van der Waals surface area contributed by atoms with E-state index in [2.05, 4.69) is 40.5 Å². The molecular formula is C12H17ClN4. The third-order valence-electron chi connectivity index (χ3n) is 3.08. The summed E-state index contributed by atoms with van der Waals surface area (Å²) in [5, 5.41) is 0. The molecule has 0 fully saturated rings. The molecule has 17 heavy (non-hydrogen) atoms. The summed E-state index contributed by atoms with van der Waals surface area (Å²) in [6.45, 7) is 3.07. The smallest absolute Gasteiger partial charge is 0.124 e. The lowest BCUT2D eigenvalue weighted by molar-refractivity contribution is 0.284. The number of imidazole rings is 1. The summed E-state index contributed by atoms with van der Waals surface area (Å²) in [5.41, 5.74) is 2.01. The molecular weight excluding hydrogens is 236 g/mol. The lowest BCUT2D eigenvalue weighted by Gasteiger charge is -2.21. The second kappa shape index (κ2) is 5.02. The van der Waals surface area contributed by atoms with Crippen molar-refractivity contribution in [3.63, 3.8) is 0 Å². The standard InChI is InChI=1S/C12H17ClN4/c1-9(16(2)3)8-17-11-4-5-14-7-10(11)15-12(17)6-13/h4-5,7,9H,6,8H2,1-3H3. The number of aromatic nitrogens is 3. The number of halogens is 1. The van der Waals surface area contributed by atoms with Gasteiger partial charge in [0.2, 0.25) is 0 Å². The zero-order valence-electron chi connectivity index (χ0n) is 10.4. The lowest BCUT2D eigenvalue weighted by Crippen LogP contribution is -2.29. The summed E-state index contributed by atoms with van der Waals surface area (Å²) in [6.07, 6.45) is 3.57. The fourth-order valence-electron chi connectivity index (χ4n) is 1.76. The van der Waals surface area contributed by atoms with Gasteiger partial charge in [0.05, 0.1) is 17.6 Å². The Morgan fingerprint density at radius 3 is 2.88 bits per heavy atom. The van der Waals surface area contributed by atoms with Crippen LogP contribution in [0.15, 0.2) is 18.5 Å². The summed E-state index contributed by atoms with van der Waals surface area (Å²) < 4.78 is 2.18. The number of pyridine rings is 1. The van der Waals surface area contributed by atoms with E-state index in [1.54, 1.807) is 12.4 Å². The van der Waals surface area contributed by atoms with Crippen LogP contribution < -0.4 is 0 Å². The van der Waals surface area contributed by atoms with Crippen LogP contribution in [0.4, 0.5) is 0 Å². The quantitative estimate of drug-likeness (QED) is 0.782. The van der Waals surface area contributed by atoms with Crippen molar-refractivity contribution in [1.82, 2.24) is 19.4 Å². The fourth-order valence-corrected chi connectivity index (χ4v) is 1.97. The molecule has 4 nitrogen and oxygen atoms in total. The van der Waals surface area contributed by atoms with Gasteiger partial charge in [0.1, 0.15) is 11.3 Å². The maximum atomic E-state index is 5.95. The predicted octanol–water partition coefficient (Wildman–Crippen LogP) is 2.12. The molecule has 0 amide bonds. The van der Waals surface area contributed by atoms with Gasteiger partial charge in [-0.3, -0.25) is 4.98 Å². The van der Waals surface area contributed by atoms with Crippen molar-refractivity contribution in [2.75, 3.05) is 14.1 Å². The zero-order valence-corrected chi connectivity index (χ0v) is 11.1. The van der Waals surface area contributed by atoms with Gasteiger partial charge in [-0.15, -0.1) is 11.6 Å². The van der Waals surface area contributed by atoms with Crippen molar-refractivity contribution in [1.29, 1.82) is 0 Å². The van der Waals surface area contributed by atoms with Crippen molar-refractivity contribution >= 4 is 22.6 Å². The molecule has 1 unspecified atom stereocenters. The molecule has 2 aromatic rings. The largest absolute Gasteiger partial charge is 0.325 e. The average molecular weight is 253 g/mol. The number of likely N-dealkylation sites (N-methyl/N-ethyl adjacent to an activating group) is 1. The van der Waals surface area contributed by atoms with Gasteiger partial charge in [0, 0.05) is 18.8 Å². The fraction of sp³-hybridized carbons (Fsp3) is 0.500. The molecule has 0 aliphatic heterocycles. The Labute approximate surface area is 106 Å². The van der Waals surface area contributed by atoms with E-state index in [0.29, 0.717) is 11.9 Å². The first-order chi connectivity index (χ1) is 8.13. The molecule has 2 heterocycles. The molecule has 0 bridgehead atoms. The van der Waals surface area contributed by atoms with Crippen molar-refractivity contribution in [2.45, 2.75) is 25.4 Å². The second-order valence-electron chi connectivity index (χ2n) is 4.45. The number of nitrogens with zero attached hydrogens (tertiary/aromatic N) is 4. The molecule has 0 saturated carbocycles. The first-order valence-electron chi connectivity index (χ1n) is 5.65. The lowest BCUT2D eigenvalue weighted by atomic mass is 10.3. The summed E-state index contributed by atoms with van der Waals surface area (Å²) >= 11 is 5.95. The molecule has 2 aromatic heterocycles. The Balaban J connectivity index is 2.43. The Bertz CT molecular complexity index is 506. The van der Waals surface area contributed by atoms with Gasteiger partial charge in [-0.1, -0.05) is 0 Å². The SMILES string of the molecule is CC(Cn1c(CCl)nc2cnccc21)N(C)C. The highest BCUT2D eigenvalue weighted by molar-refractivity contribution is 6.16. The topological polar surface area (TPSA) is 34.0 Å².